The number of hydrogen-bond acceptors (Lipinski definition) is 2. The summed E-state index contributed by atoms with van der Waals surface area (Å²) in [6.07, 6.45) is 3.52. The highest BCUT2D eigenvalue weighted by Crippen LogP contribution is 2.17. The van der Waals surface area contributed by atoms with Crippen LogP contribution in [0.25, 0.3) is 5.57 Å². The van der Waals surface area contributed by atoms with Crippen LogP contribution < -0.4 is 0 Å². The minimum absolute atomic E-state index is 0.463. The molecule has 0 saturated carbocycles. The molecule has 0 saturated heterocycles. The summed E-state index contributed by atoms with van der Waals surface area (Å²) in [6, 6.07) is 1.69. The summed E-state index contributed by atoms with van der Waals surface area (Å²) in [5, 5.41) is 3.69. The van der Waals surface area contributed by atoms with E-state index in [1.54, 1.807) is 6.07 Å². The lowest BCUT2D eigenvalue weighted by Gasteiger charge is -1.96. The van der Waals surface area contributed by atoms with Gasteiger partial charge in [0.25, 0.3) is 0 Å². The predicted octanol–water partition coefficient (Wildman–Crippen LogP) is 2.95. The first-order valence-corrected chi connectivity index (χ1v) is 3.69. The van der Waals surface area contributed by atoms with Crippen molar-refractivity contribution in [2.45, 2.75) is 13.3 Å². The lowest BCUT2D eigenvalue weighted by molar-refractivity contribution is 0.417. The Hall–Kier alpha value is -1.38. The fourth-order valence-corrected chi connectivity index (χ4v) is 0.924. The standard InChI is InChI=1S/C9H10FNO/c1-3-8(6-7(2)10)9-4-5-12-11-9/h4-6H,2-3H2,1H3/b8-6+. The normalized spacial score (nSPS) is 11.7. The molecule has 2 nitrogen and oxygen atoms in total. The van der Waals surface area contributed by atoms with Crippen LogP contribution in [0.15, 0.2) is 35.3 Å². The van der Waals surface area contributed by atoms with Gasteiger partial charge in [0.2, 0.25) is 0 Å². The fraction of sp³-hybridized carbons (Fsp3) is 0.222. The summed E-state index contributed by atoms with van der Waals surface area (Å²) in [4.78, 5) is 0. The molecule has 12 heavy (non-hydrogen) atoms. The Morgan fingerprint density at radius 1 is 1.83 bits per heavy atom. The topological polar surface area (TPSA) is 26.0 Å². The van der Waals surface area contributed by atoms with Crippen molar-refractivity contribution < 1.29 is 8.91 Å². The van der Waals surface area contributed by atoms with E-state index in [4.69, 9.17) is 0 Å². The van der Waals surface area contributed by atoms with E-state index in [0.29, 0.717) is 12.1 Å². The Bertz CT molecular complexity index is 287. The monoisotopic (exact) mass is 167 g/mol. The molecule has 0 fully saturated rings. The third-order valence-corrected chi connectivity index (χ3v) is 1.48. The molecule has 0 aliphatic heterocycles. The van der Waals surface area contributed by atoms with Gasteiger partial charge < -0.3 is 4.52 Å². The van der Waals surface area contributed by atoms with Crippen LogP contribution in [0.3, 0.4) is 0 Å². The average molecular weight is 167 g/mol. The highest BCUT2D eigenvalue weighted by molar-refractivity contribution is 5.63. The van der Waals surface area contributed by atoms with E-state index >= 15 is 0 Å². The summed E-state index contributed by atoms with van der Waals surface area (Å²) in [5.74, 6) is -0.463. The van der Waals surface area contributed by atoms with Gasteiger partial charge in [-0.2, -0.15) is 0 Å². The average Bonchev–Trinajstić information content (AvgIpc) is 2.51. The number of aromatic nitrogens is 1. The quantitative estimate of drug-likeness (QED) is 0.647. The van der Waals surface area contributed by atoms with Gasteiger partial charge in [-0.15, -0.1) is 0 Å². The van der Waals surface area contributed by atoms with Crippen LogP contribution in [0.4, 0.5) is 4.39 Å². The van der Waals surface area contributed by atoms with Crippen molar-refractivity contribution in [2.24, 2.45) is 0 Å². The highest BCUT2D eigenvalue weighted by Gasteiger charge is 2.02. The van der Waals surface area contributed by atoms with E-state index < -0.39 is 5.83 Å². The van der Waals surface area contributed by atoms with Crippen LogP contribution in [-0.4, -0.2) is 5.16 Å². The van der Waals surface area contributed by atoms with E-state index in [0.717, 1.165) is 5.57 Å². The van der Waals surface area contributed by atoms with Gasteiger partial charge in [-0.05, 0) is 18.1 Å². The van der Waals surface area contributed by atoms with Gasteiger partial charge in [-0.25, -0.2) is 4.39 Å². The highest BCUT2D eigenvalue weighted by atomic mass is 19.1. The smallest absolute Gasteiger partial charge is 0.124 e. The molecular weight excluding hydrogens is 157 g/mol. The second-order valence-electron chi connectivity index (χ2n) is 2.35. The molecule has 1 heterocycles. The summed E-state index contributed by atoms with van der Waals surface area (Å²) in [5.41, 5.74) is 1.45. The maximum absolute atomic E-state index is 12.4. The molecule has 0 radical (unpaired) electrons. The van der Waals surface area contributed by atoms with E-state index in [1.165, 1.54) is 12.3 Å². The molecule has 0 aliphatic rings. The Balaban J connectivity index is 2.91. The largest absolute Gasteiger partial charge is 0.364 e. The molecule has 1 rings (SSSR count). The maximum atomic E-state index is 12.4. The van der Waals surface area contributed by atoms with Crippen molar-refractivity contribution >= 4 is 5.57 Å². The summed E-state index contributed by atoms with van der Waals surface area (Å²) >= 11 is 0. The van der Waals surface area contributed by atoms with E-state index in [2.05, 4.69) is 16.3 Å². The molecule has 1 aromatic rings. The Morgan fingerprint density at radius 2 is 2.58 bits per heavy atom. The van der Waals surface area contributed by atoms with Gasteiger partial charge in [-0.3, -0.25) is 0 Å². The van der Waals surface area contributed by atoms with Gasteiger partial charge in [0.05, 0.1) is 0 Å². The Labute approximate surface area is 70.4 Å². The van der Waals surface area contributed by atoms with Gasteiger partial charge in [0.15, 0.2) is 0 Å². The van der Waals surface area contributed by atoms with Crippen LogP contribution in [0, 0.1) is 0 Å². The fourth-order valence-electron chi connectivity index (χ4n) is 0.924. The van der Waals surface area contributed by atoms with Gasteiger partial charge in [0.1, 0.15) is 17.8 Å². The molecule has 0 atom stereocenters. The maximum Gasteiger partial charge on any atom is 0.124 e. The van der Waals surface area contributed by atoms with Crippen LogP contribution in [0.1, 0.15) is 19.0 Å². The summed E-state index contributed by atoms with van der Waals surface area (Å²) in [7, 11) is 0. The van der Waals surface area contributed by atoms with Gasteiger partial charge in [0, 0.05) is 6.07 Å². The molecule has 0 bridgehead atoms. The molecule has 64 valence electrons. The molecule has 0 amide bonds. The SMILES string of the molecule is C=C(F)/C=C(\CC)c1ccon1. The number of hydrogen-bond donors (Lipinski definition) is 0. The third kappa shape index (κ3) is 2.05. The van der Waals surface area contributed by atoms with Crippen molar-refractivity contribution in [2.75, 3.05) is 0 Å². The second kappa shape index (κ2) is 3.85. The van der Waals surface area contributed by atoms with Crippen molar-refractivity contribution in [1.29, 1.82) is 0 Å². The van der Waals surface area contributed by atoms with Crippen molar-refractivity contribution in [3.8, 4) is 0 Å². The van der Waals surface area contributed by atoms with E-state index in [1.807, 2.05) is 6.92 Å². The molecule has 3 heteroatoms. The molecule has 0 N–H and O–H groups in total. The lowest BCUT2D eigenvalue weighted by Crippen LogP contribution is -1.82. The second-order valence-corrected chi connectivity index (χ2v) is 2.35. The van der Waals surface area contributed by atoms with Crippen LogP contribution in [0.2, 0.25) is 0 Å². The lowest BCUT2D eigenvalue weighted by atomic mass is 10.1. The third-order valence-electron chi connectivity index (χ3n) is 1.48. The van der Waals surface area contributed by atoms with Crippen molar-refractivity contribution in [3.05, 3.63) is 36.5 Å². The minimum Gasteiger partial charge on any atom is -0.364 e. The number of halogens is 1. The van der Waals surface area contributed by atoms with Gasteiger partial charge in [-0.1, -0.05) is 18.7 Å². The summed E-state index contributed by atoms with van der Waals surface area (Å²) < 4.78 is 17.0. The number of rotatable bonds is 3. The van der Waals surface area contributed by atoms with Gasteiger partial charge >= 0.3 is 0 Å². The zero-order valence-electron chi connectivity index (χ0n) is 6.88. The molecule has 0 spiro atoms. The predicted molar refractivity (Wildman–Crippen MR) is 45.0 cm³/mol. The zero-order valence-corrected chi connectivity index (χ0v) is 6.88. The van der Waals surface area contributed by atoms with Crippen LogP contribution in [0.5, 0.6) is 0 Å². The Morgan fingerprint density at radius 3 is 3.00 bits per heavy atom. The molecule has 1 aromatic heterocycles. The van der Waals surface area contributed by atoms with E-state index in [9.17, 15) is 4.39 Å². The van der Waals surface area contributed by atoms with E-state index in [-0.39, 0.29) is 0 Å². The first-order chi connectivity index (χ1) is 5.74. The molecule has 0 aromatic carbocycles. The molecule has 0 aliphatic carbocycles. The Kier molecular flexibility index (Phi) is 2.80. The first-order valence-electron chi connectivity index (χ1n) is 3.69. The van der Waals surface area contributed by atoms with Crippen molar-refractivity contribution in [3.63, 3.8) is 0 Å². The van der Waals surface area contributed by atoms with Crippen molar-refractivity contribution in [1.82, 2.24) is 5.16 Å². The van der Waals surface area contributed by atoms with Crippen LogP contribution >= 0.6 is 0 Å². The summed E-state index contributed by atoms with van der Waals surface area (Å²) in [6.45, 7) is 5.07. The minimum atomic E-state index is -0.463. The number of nitrogens with zero attached hydrogens (tertiary/aromatic N) is 1. The zero-order chi connectivity index (χ0) is 8.97. The molecular formula is C9H10FNO. The molecule has 0 unspecified atom stereocenters. The van der Waals surface area contributed by atoms with Crippen LogP contribution in [-0.2, 0) is 0 Å². The first kappa shape index (κ1) is 8.71. The number of allylic oxidation sites excluding steroid dienone is 3.